The van der Waals surface area contributed by atoms with E-state index in [2.05, 4.69) is 46.1 Å². The minimum atomic E-state index is 0. The molecule has 7 heteroatoms. The fourth-order valence-electron chi connectivity index (χ4n) is 2.23. The molecular formula is C16H26ClN5O. The molecule has 128 valence electrons. The number of nitrogens with zero attached hydrogens (tertiary/aromatic N) is 4. The summed E-state index contributed by atoms with van der Waals surface area (Å²) in [6, 6.07) is 4.31. The maximum absolute atomic E-state index is 5.33. The van der Waals surface area contributed by atoms with Gasteiger partial charge in [-0.3, -0.25) is 0 Å². The number of anilines is 1. The number of nitrogens with one attached hydrogen (secondary N) is 1. The Hall–Kier alpha value is -1.66. The first kappa shape index (κ1) is 19.4. The molecule has 2 rings (SSSR count). The maximum Gasteiger partial charge on any atom is 0.259 e. The molecule has 0 aromatic carbocycles. The van der Waals surface area contributed by atoms with Crippen LogP contribution in [0.1, 0.15) is 33.0 Å². The first-order chi connectivity index (χ1) is 10.7. The molecule has 0 bridgehead atoms. The van der Waals surface area contributed by atoms with Gasteiger partial charge in [-0.2, -0.15) is 4.98 Å². The molecule has 0 aliphatic rings. The highest BCUT2D eigenvalue weighted by Gasteiger charge is 2.12. The van der Waals surface area contributed by atoms with E-state index in [1.54, 1.807) is 6.20 Å². The fraction of sp³-hybridized carbons (Fsp3) is 0.562. The monoisotopic (exact) mass is 339 g/mol. The van der Waals surface area contributed by atoms with E-state index < -0.39 is 0 Å². The summed E-state index contributed by atoms with van der Waals surface area (Å²) in [7, 11) is 1.92. The van der Waals surface area contributed by atoms with Crippen molar-refractivity contribution in [3.8, 4) is 11.5 Å². The number of hydrogen-bond donors (Lipinski definition) is 1. The fourth-order valence-corrected chi connectivity index (χ4v) is 2.23. The number of pyridine rings is 1. The van der Waals surface area contributed by atoms with Gasteiger partial charge in [-0.25, -0.2) is 4.98 Å². The van der Waals surface area contributed by atoms with E-state index in [0.717, 1.165) is 37.3 Å². The Morgan fingerprint density at radius 1 is 1.30 bits per heavy atom. The zero-order chi connectivity index (χ0) is 15.9. The molecule has 0 fully saturated rings. The third kappa shape index (κ3) is 5.18. The minimum absolute atomic E-state index is 0. The van der Waals surface area contributed by atoms with E-state index in [4.69, 9.17) is 4.52 Å². The molecule has 1 N–H and O–H groups in total. The zero-order valence-electron chi connectivity index (χ0n) is 14.2. The van der Waals surface area contributed by atoms with Gasteiger partial charge in [0.05, 0.1) is 5.56 Å². The Morgan fingerprint density at radius 2 is 2.09 bits per heavy atom. The summed E-state index contributed by atoms with van der Waals surface area (Å²) in [6.07, 6.45) is 3.64. The molecule has 0 saturated carbocycles. The second kappa shape index (κ2) is 9.47. The Morgan fingerprint density at radius 3 is 2.65 bits per heavy atom. The topological polar surface area (TPSA) is 67.1 Å². The molecule has 23 heavy (non-hydrogen) atoms. The van der Waals surface area contributed by atoms with E-state index in [0.29, 0.717) is 17.8 Å². The van der Waals surface area contributed by atoms with Crippen LogP contribution in [0.4, 0.5) is 5.82 Å². The lowest BCUT2D eigenvalue weighted by atomic mass is 10.2. The Labute approximate surface area is 144 Å². The molecule has 0 saturated heterocycles. The molecular weight excluding hydrogens is 314 g/mol. The van der Waals surface area contributed by atoms with Gasteiger partial charge in [0.2, 0.25) is 0 Å². The third-order valence-electron chi connectivity index (χ3n) is 3.64. The Bertz CT molecular complexity index is 572. The second-order valence-electron chi connectivity index (χ2n) is 5.39. The van der Waals surface area contributed by atoms with Crippen molar-refractivity contribution in [3.63, 3.8) is 0 Å². The van der Waals surface area contributed by atoms with Crippen LogP contribution in [-0.2, 0) is 6.42 Å². The van der Waals surface area contributed by atoms with Gasteiger partial charge in [-0.1, -0.05) is 12.1 Å². The first-order valence-corrected chi connectivity index (χ1v) is 7.89. The van der Waals surface area contributed by atoms with E-state index >= 15 is 0 Å². The van der Waals surface area contributed by atoms with Crippen molar-refractivity contribution in [2.45, 2.75) is 39.7 Å². The lowest BCUT2D eigenvalue weighted by Gasteiger charge is -2.20. The predicted molar refractivity (Wildman–Crippen MR) is 95.2 cm³/mol. The smallest absolute Gasteiger partial charge is 0.259 e. The molecule has 2 aromatic rings. The van der Waals surface area contributed by atoms with Crippen LogP contribution in [0.3, 0.4) is 0 Å². The van der Waals surface area contributed by atoms with Gasteiger partial charge in [-0.15, -0.1) is 12.4 Å². The van der Waals surface area contributed by atoms with E-state index in [-0.39, 0.29) is 12.4 Å². The van der Waals surface area contributed by atoms with Crippen LogP contribution in [0.25, 0.3) is 11.5 Å². The van der Waals surface area contributed by atoms with Crippen LogP contribution in [0.2, 0.25) is 0 Å². The van der Waals surface area contributed by atoms with Gasteiger partial charge < -0.3 is 14.7 Å². The van der Waals surface area contributed by atoms with Gasteiger partial charge in [0.25, 0.3) is 5.89 Å². The summed E-state index contributed by atoms with van der Waals surface area (Å²) in [6.45, 7) is 8.35. The summed E-state index contributed by atoms with van der Waals surface area (Å²) in [5.74, 6) is 2.22. The van der Waals surface area contributed by atoms with Crippen molar-refractivity contribution in [2.75, 3.05) is 25.0 Å². The second-order valence-corrected chi connectivity index (χ2v) is 5.39. The number of likely N-dealkylation sites (N-methyl/N-ethyl adjacent to an activating group) is 1. The highest BCUT2D eigenvalue weighted by atomic mass is 35.5. The summed E-state index contributed by atoms with van der Waals surface area (Å²) in [4.78, 5) is 11.2. The maximum atomic E-state index is 5.33. The molecule has 1 atom stereocenters. The molecule has 1 unspecified atom stereocenters. The number of hydrogen-bond acceptors (Lipinski definition) is 6. The summed E-state index contributed by atoms with van der Waals surface area (Å²) in [5.41, 5.74) is 0.854. The summed E-state index contributed by atoms with van der Waals surface area (Å²) in [5, 5.41) is 7.18. The van der Waals surface area contributed by atoms with Crippen molar-refractivity contribution < 1.29 is 4.52 Å². The third-order valence-corrected chi connectivity index (χ3v) is 3.64. The van der Waals surface area contributed by atoms with Crippen molar-refractivity contribution in [3.05, 3.63) is 24.2 Å². The normalized spacial score (nSPS) is 11.8. The van der Waals surface area contributed by atoms with E-state index in [1.807, 2.05) is 19.2 Å². The van der Waals surface area contributed by atoms with Gasteiger partial charge >= 0.3 is 0 Å². The van der Waals surface area contributed by atoms with Crippen molar-refractivity contribution in [1.29, 1.82) is 0 Å². The van der Waals surface area contributed by atoms with Crippen molar-refractivity contribution in [1.82, 2.24) is 20.4 Å². The Kier molecular flexibility index (Phi) is 7.98. The van der Waals surface area contributed by atoms with Gasteiger partial charge in [-0.05, 0) is 39.4 Å². The van der Waals surface area contributed by atoms with Crippen LogP contribution in [0.5, 0.6) is 0 Å². The molecule has 0 amide bonds. The molecule has 0 spiro atoms. The summed E-state index contributed by atoms with van der Waals surface area (Å²) >= 11 is 0. The van der Waals surface area contributed by atoms with Crippen LogP contribution in [-0.4, -0.2) is 41.3 Å². The van der Waals surface area contributed by atoms with E-state index in [1.165, 1.54) is 0 Å². The van der Waals surface area contributed by atoms with Gasteiger partial charge in [0.1, 0.15) is 5.82 Å². The minimum Gasteiger partial charge on any atom is -0.357 e. The van der Waals surface area contributed by atoms with Crippen LogP contribution >= 0.6 is 12.4 Å². The number of halogens is 1. The lowest BCUT2D eigenvalue weighted by molar-refractivity contribution is 0.418. The van der Waals surface area contributed by atoms with Crippen LogP contribution in [0.15, 0.2) is 22.9 Å². The van der Waals surface area contributed by atoms with Crippen LogP contribution < -0.4 is 10.2 Å². The average molecular weight is 340 g/mol. The molecule has 0 aliphatic carbocycles. The molecule has 0 radical (unpaired) electrons. The number of aromatic nitrogens is 3. The standard InChI is InChI=1S/C16H25N5O.ClH/c1-5-9-21(6-2)15-8-7-13(11-18-15)16-19-14(20-22-16)10-12(3)17-4;/h7-8,11-12,17H,5-6,9-10H2,1-4H3;1H. The van der Waals surface area contributed by atoms with Gasteiger partial charge in [0, 0.05) is 31.7 Å². The Balaban J connectivity index is 0.00000264. The van der Waals surface area contributed by atoms with Crippen LogP contribution in [0, 0.1) is 0 Å². The summed E-state index contributed by atoms with van der Waals surface area (Å²) < 4.78 is 5.33. The average Bonchev–Trinajstić information content (AvgIpc) is 3.01. The molecule has 0 aliphatic heterocycles. The largest absolute Gasteiger partial charge is 0.357 e. The quantitative estimate of drug-likeness (QED) is 0.797. The zero-order valence-corrected chi connectivity index (χ0v) is 15.1. The van der Waals surface area contributed by atoms with Gasteiger partial charge in [0.15, 0.2) is 5.82 Å². The SMILES string of the molecule is CCCN(CC)c1ccc(-c2nc(CC(C)NC)no2)cn1.Cl. The number of rotatable bonds is 8. The van der Waals surface area contributed by atoms with Crippen molar-refractivity contribution in [2.24, 2.45) is 0 Å². The molecule has 2 aromatic heterocycles. The highest BCUT2D eigenvalue weighted by Crippen LogP contribution is 2.19. The first-order valence-electron chi connectivity index (χ1n) is 7.89. The highest BCUT2D eigenvalue weighted by molar-refractivity contribution is 5.85. The predicted octanol–water partition coefficient (Wildman–Crippen LogP) is 2.94. The van der Waals surface area contributed by atoms with Crippen molar-refractivity contribution >= 4 is 18.2 Å². The molecule has 2 heterocycles. The molecule has 6 nitrogen and oxygen atoms in total. The van der Waals surface area contributed by atoms with E-state index in [9.17, 15) is 0 Å². The lowest BCUT2D eigenvalue weighted by Crippen LogP contribution is -2.24.